The van der Waals surface area contributed by atoms with Gasteiger partial charge in [0.05, 0.1) is 0 Å². The third-order valence-electron chi connectivity index (χ3n) is 2.71. The summed E-state index contributed by atoms with van der Waals surface area (Å²) in [7, 11) is 0. The van der Waals surface area contributed by atoms with E-state index in [-0.39, 0.29) is 6.04 Å². The van der Waals surface area contributed by atoms with E-state index >= 15 is 0 Å². The van der Waals surface area contributed by atoms with Crippen LogP contribution in [-0.4, -0.2) is 12.6 Å². The van der Waals surface area contributed by atoms with Crippen LogP contribution < -0.4 is 5.32 Å². The van der Waals surface area contributed by atoms with Crippen molar-refractivity contribution < 1.29 is 0 Å². The van der Waals surface area contributed by atoms with Crippen LogP contribution in [0, 0.1) is 0 Å². The molecular weight excluding hydrogens is 253 g/mol. The molecule has 94 valence electrons. The summed E-state index contributed by atoms with van der Waals surface area (Å²) < 4.78 is 0. The van der Waals surface area contributed by atoms with Gasteiger partial charge < -0.3 is 5.32 Å². The van der Waals surface area contributed by atoms with Gasteiger partial charge in [0.25, 0.3) is 0 Å². The molecule has 1 rings (SSSR count). The van der Waals surface area contributed by atoms with E-state index in [9.17, 15) is 0 Å². The predicted molar refractivity (Wildman–Crippen MR) is 77.1 cm³/mol. The molecule has 0 spiro atoms. The molecule has 1 nitrogen and oxygen atoms in total. The van der Waals surface area contributed by atoms with Crippen molar-refractivity contribution in [1.82, 2.24) is 5.32 Å². The molecule has 0 aromatic heterocycles. The number of nitrogens with one attached hydrogen (secondary N) is 1. The summed E-state index contributed by atoms with van der Waals surface area (Å²) >= 11 is 12.3. The van der Waals surface area contributed by atoms with E-state index in [1.165, 1.54) is 0 Å². The highest BCUT2D eigenvalue weighted by Gasteiger charge is 2.13. The highest BCUT2D eigenvalue weighted by Crippen LogP contribution is 2.26. The summed E-state index contributed by atoms with van der Waals surface area (Å²) in [6, 6.07) is 5.84. The molecule has 1 aromatic carbocycles. The normalized spacial score (nSPS) is 12.5. The first-order valence-corrected chi connectivity index (χ1v) is 6.63. The molecule has 0 saturated heterocycles. The Morgan fingerprint density at radius 2 is 1.94 bits per heavy atom. The van der Waals surface area contributed by atoms with Gasteiger partial charge in [0.2, 0.25) is 0 Å². The highest BCUT2D eigenvalue weighted by atomic mass is 35.5. The average molecular weight is 272 g/mol. The minimum absolute atomic E-state index is 0.229. The van der Waals surface area contributed by atoms with Crippen LogP contribution in [0.15, 0.2) is 30.4 Å². The topological polar surface area (TPSA) is 12.0 Å². The second kappa shape index (κ2) is 7.05. The van der Waals surface area contributed by atoms with E-state index in [2.05, 4.69) is 18.8 Å². The van der Waals surface area contributed by atoms with E-state index in [0.29, 0.717) is 0 Å². The summed E-state index contributed by atoms with van der Waals surface area (Å²) in [5.41, 5.74) is 2.10. The van der Waals surface area contributed by atoms with Gasteiger partial charge in [0.15, 0.2) is 0 Å². The molecule has 1 atom stereocenters. The van der Waals surface area contributed by atoms with Crippen molar-refractivity contribution >= 4 is 23.2 Å². The van der Waals surface area contributed by atoms with Crippen LogP contribution in [0.2, 0.25) is 10.0 Å². The molecule has 0 heterocycles. The molecular formula is C14H19Cl2N. The van der Waals surface area contributed by atoms with Crippen LogP contribution in [0.25, 0.3) is 0 Å². The lowest BCUT2D eigenvalue weighted by Crippen LogP contribution is -2.32. The van der Waals surface area contributed by atoms with Crippen molar-refractivity contribution in [3.63, 3.8) is 0 Å². The van der Waals surface area contributed by atoms with Crippen LogP contribution >= 0.6 is 23.2 Å². The van der Waals surface area contributed by atoms with Gasteiger partial charge in [-0.1, -0.05) is 48.3 Å². The maximum Gasteiger partial charge on any atom is 0.0453 e. The van der Waals surface area contributed by atoms with E-state index in [4.69, 9.17) is 23.2 Å². The maximum atomic E-state index is 6.17. The molecule has 3 heteroatoms. The Bertz CT molecular complexity index is 368. The van der Waals surface area contributed by atoms with E-state index in [0.717, 1.165) is 40.6 Å². The molecule has 17 heavy (non-hydrogen) atoms. The van der Waals surface area contributed by atoms with Crippen molar-refractivity contribution in [3.8, 4) is 0 Å². The lowest BCUT2D eigenvalue weighted by atomic mass is 10.0. The summed E-state index contributed by atoms with van der Waals surface area (Å²) in [5, 5.41) is 4.90. The Hall–Kier alpha value is -0.500. The monoisotopic (exact) mass is 271 g/mol. The van der Waals surface area contributed by atoms with Crippen molar-refractivity contribution in [2.75, 3.05) is 6.54 Å². The van der Waals surface area contributed by atoms with E-state index in [1.54, 1.807) is 0 Å². The molecule has 1 aromatic rings. The van der Waals surface area contributed by atoms with Crippen LogP contribution in [-0.2, 0) is 6.42 Å². The average Bonchev–Trinajstić information content (AvgIpc) is 2.27. The van der Waals surface area contributed by atoms with Crippen molar-refractivity contribution in [1.29, 1.82) is 0 Å². The molecule has 0 bridgehead atoms. The molecule has 0 saturated carbocycles. The van der Waals surface area contributed by atoms with E-state index < -0.39 is 0 Å². The van der Waals surface area contributed by atoms with Gasteiger partial charge in [-0.05, 0) is 44.0 Å². The van der Waals surface area contributed by atoms with Crippen molar-refractivity contribution in [2.45, 2.75) is 32.7 Å². The molecule has 0 fully saturated rings. The lowest BCUT2D eigenvalue weighted by Gasteiger charge is -2.20. The quantitative estimate of drug-likeness (QED) is 0.753. The Morgan fingerprint density at radius 3 is 2.41 bits per heavy atom. The fraction of sp³-hybridized carbons (Fsp3) is 0.429. The molecule has 0 aliphatic carbocycles. The van der Waals surface area contributed by atoms with Gasteiger partial charge >= 0.3 is 0 Å². The SMILES string of the molecule is C=C(C)C(Cc1c(Cl)cccc1Cl)NCCC. The number of hydrogen-bond acceptors (Lipinski definition) is 1. The third-order valence-corrected chi connectivity index (χ3v) is 3.41. The van der Waals surface area contributed by atoms with Gasteiger partial charge in [-0.15, -0.1) is 0 Å². The van der Waals surface area contributed by atoms with Crippen LogP contribution in [0.1, 0.15) is 25.8 Å². The predicted octanol–water partition coefficient (Wildman–Crippen LogP) is 4.48. The fourth-order valence-electron chi connectivity index (χ4n) is 1.67. The first-order chi connectivity index (χ1) is 8.06. The zero-order valence-corrected chi connectivity index (χ0v) is 11.9. The molecule has 0 radical (unpaired) electrons. The van der Waals surface area contributed by atoms with Gasteiger partial charge in [-0.2, -0.15) is 0 Å². The van der Waals surface area contributed by atoms with Gasteiger partial charge in [-0.25, -0.2) is 0 Å². The first-order valence-electron chi connectivity index (χ1n) is 5.88. The summed E-state index contributed by atoms with van der Waals surface area (Å²) in [4.78, 5) is 0. The minimum atomic E-state index is 0.229. The summed E-state index contributed by atoms with van der Waals surface area (Å²) in [6.45, 7) is 9.16. The van der Waals surface area contributed by atoms with Crippen LogP contribution in [0.3, 0.4) is 0 Å². The minimum Gasteiger partial charge on any atom is -0.310 e. The van der Waals surface area contributed by atoms with E-state index in [1.807, 2.05) is 25.1 Å². The Kier molecular flexibility index (Phi) is 6.04. The number of halogens is 2. The number of benzene rings is 1. The number of rotatable bonds is 6. The molecule has 1 N–H and O–H groups in total. The molecule has 1 unspecified atom stereocenters. The van der Waals surface area contributed by atoms with Gasteiger partial charge in [0.1, 0.15) is 0 Å². The Morgan fingerprint density at radius 1 is 1.35 bits per heavy atom. The first kappa shape index (κ1) is 14.6. The summed E-state index contributed by atoms with van der Waals surface area (Å²) in [5.74, 6) is 0. The van der Waals surface area contributed by atoms with Crippen LogP contribution in [0.4, 0.5) is 0 Å². The van der Waals surface area contributed by atoms with Crippen molar-refractivity contribution in [2.24, 2.45) is 0 Å². The molecule has 0 aliphatic heterocycles. The van der Waals surface area contributed by atoms with Gasteiger partial charge in [0, 0.05) is 16.1 Å². The lowest BCUT2D eigenvalue weighted by molar-refractivity contribution is 0.564. The zero-order valence-electron chi connectivity index (χ0n) is 10.4. The zero-order chi connectivity index (χ0) is 12.8. The van der Waals surface area contributed by atoms with Gasteiger partial charge in [-0.3, -0.25) is 0 Å². The third kappa shape index (κ3) is 4.34. The Balaban J connectivity index is 2.82. The fourth-order valence-corrected chi connectivity index (χ4v) is 2.22. The highest BCUT2D eigenvalue weighted by molar-refractivity contribution is 6.36. The van der Waals surface area contributed by atoms with Crippen LogP contribution in [0.5, 0.6) is 0 Å². The van der Waals surface area contributed by atoms with Crippen molar-refractivity contribution in [3.05, 3.63) is 46.0 Å². The maximum absolute atomic E-state index is 6.17. The largest absolute Gasteiger partial charge is 0.310 e. The molecule has 0 amide bonds. The standard InChI is InChI=1S/C14H19Cl2N/c1-4-8-17-14(10(2)3)9-11-12(15)6-5-7-13(11)16/h5-7,14,17H,2,4,8-9H2,1,3H3. The Labute approximate surface area is 114 Å². The second-order valence-corrected chi connectivity index (χ2v) is 5.07. The molecule has 0 aliphatic rings. The second-order valence-electron chi connectivity index (χ2n) is 4.26. The smallest absolute Gasteiger partial charge is 0.0453 e. The summed E-state index contributed by atoms with van der Waals surface area (Å²) in [6.07, 6.45) is 1.88. The number of hydrogen-bond donors (Lipinski definition) is 1.